The first-order valence-corrected chi connectivity index (χ1v) is 6.00. The molecule has 19 heavy (non-hydrogen) atoms. The number of aliphatic hydroxyl groups is 1. The zero-order valence-corrected chi connectivity index (χ0v) is 10.9. The number of methoxy groups -OCH3 is 1. The summed E-state index contributed by atoms with van der Waals surface area (Å²) in [7, 11) is 1.61. The monoisotopic (exact) mass is 263 g/mol. The Hall–Kier alpha value is -1.92. The minimum absolute atomic E-state index is 0.236. The van der Waals surface area contributed by atoms with Gasteiger partial charge in [-0.15, -0.1) is 0 Å². The van der Waals surface area contributed by atoms with Gasteiger partial charge in [0, 0.05) is 12.0 Å². The summed E-state index contributed by atoms with van der Waals surface area (Å²) in [4.78, 5) is 4.18. The number of para-hydroxylation sites is 1. The predicted molar refractivity (Wildman–Crippen MR) is 68.7 cm³/mol. The van der Waals surface area contributed by atoms with Crippen molar-refractivity contribution in [3.05, 3.63) is 41.5 Å². The fourth-order valence-electron chi connectivity index (χ4n) is 1.70. The van der Waals surface area contributed by atoms with Crippen LogP contribution >= 0.6 is 0 Å². The van der Waals surface area contributed by atoms with E-state index in [1.165, 1.54) is 0 Å². The van der Waals surface area contributed by atoms with Crippen LogP contribution in [0.15, 0.2) is 28.8 Å². The third-order valence-electron chi connectivity index (χ3n) is 2.83. The number of hydrogen-bond acceptors (Lipinski definition) is 6. The van der Waals surface area contributed by atoms with Gasteiger partial charge in [-0.2, -0.15) is 4.98 Å². The fourth-order valence-corrected chi connectivity index (χ4v) is 1.70. The van der Waals surface area contributed by atoms with Crippen LogP contribution < -0.4 is 10.5 Å². The van der Waals surface area contributed by atoms with Crippen molar-refractivity contribution in [2.45, 2.75) is 25.5 Å². The smallest absolute Gasteiger partial charge is 0.246 e. The molecule has 1 aromatic heterocycles. The lowest BCUT2D eigenvalue weighted by Gasteiger charge is -2.08. The summed E-state index contributed by atoms with van der Waals surface area (Å²) >= 11 is 0. The van der Waals surface area contributed by atoms with Gasteiger partial charge in [0.25, 0.3) is 0 Å². The molecule has 1 aromatic carbocycles. The van der Waals surface area contributed by atoms with Crippen LogP contribution in [0.5, 0.6) is 5.75 Å². The highest BCUT2D eigenvalue weighted by atomic mass is 16.5. The molecule has 0 aliphatic heterocycles. The Morgan fingerprint density at radius 3 is 2.84 bits per heavy atom. The molecule has 0 radical (unpaired) electrons. The second kappa shape index (κ2) is 5.81. The fraction of sp³-hybridized carbons (Fsp3) is 0.385. The minimum Gasteiger partial charge on any atom is -0.496 e. The number of nitrogens with two attached hydrogens (primary N) is 1. The zero-order chi connectivity index (χ0) is 13.8. The van der Waals surface area contributed by atoms with E-state index in [0.717, 1.165) is 11.3 Å². The van der Waals surface area contributed by atoms with Gasteiger partial charge in [-0.25, -0.2) is 0 Å². The van der Waals surface area contributed by atoms with E-state index in [4.69, 9.17) is 15.0 Å². The van der Waals surface area contributed by atoms with Crippen LogP contribution in [0.2, 0.25) is 0 Å². The average Bonchev–Trinajstić information content (AvgIpc) is 2.87. The molecule has 2 unspecified atom stereocenters. The van der Waals surface area contributed by atoms with Crippen molar-refractivity contribution in [1.82, 2.24) is 10.1 Å². The molecule has 0 aliphatic carbocycles. The van der Waals surface area contributed by atoms with Crippen molar-refractivity contribution in [3.8, 4) is 5.75 Å². The van der Waals surface area contributed by atoms with E-state index >= 15 is 0 Å². The van der Waals surface area contributed by atoms with Crippen LogP contribution in [0, 0.1) is 0 Å². The highest BCUT2D eigenvalue weighted by molar-refractivity contribution is 5.35. The van der Waals surface area contributed by atoms with Gasteiger partial charge in [0.2, 0.25) is 5.89 Å². The number of rotatable bonds is 5. The Kier molecular flexibility index (Phi) is 4.13. The first kappa shape index (κ1) is 13.5. The molecule has 6 heteroatoms. The van der Waals surface area contributed by atoms with Gasteiger partial charge >= 0.3 is 0 Å². The van der Waals surface area contributed by atoms with Gasteiger partial charge in [-0.1, -0.05) is 23.4 Å². The van der Waals surface area contributed by atoms with Gasteiger partial charge < -0.3 is 20.1 Å². The highest BCUT2D eigenvalue weighted by Gasteiger charge is 2.19. The second-order valence-corrected chi connectivity index (χ2v) is 4.30. The number of aromatic nitrogens is 2. The Morgan fingerprint density at radius 1 is 1.42 bits per heavy atom. The molecule has 0 amide bonds. The van der Waals surface area contributed by atoms with Crippen molar-refractivity contribution in [2.75, 3.05) is 7.11 Å². The van der Waals surface area contributed by atoms with Crippen molar-refractivity contribution >= 4 is 0 Å². The third-order valence-corrected chi connectivity index (χ3v) is 2.83. The van der Waals surface area contributed by atoms with Crippen LogP contribution in [0.4, 0.5) is 0 Å². The van der Waals surface area contributed by atoms with E-state index in [2.05, 4.69) is 10.1 Å². The van der Waals surface area contributed by atoms with Gasteiger partial charge in [-0.3, -0.25) is 0 Å². The molecule has 2 rings (SSSR count). The molecule has 2 aromatic rings. The summed E-state index contributed by atoms with van der Waals surface area (Å²) in [5.74, 6) is 1.52. The maximum atomic E-state index is 9.38. The lowest BCUT2D eigenvalue weighted by molar-refractivity contribution is 0.146. The Morgan fingerprint density at radius 2 is 2.16 bits per heavy atom. The van der Waals surface area contributed by atoms with Crippen molar-refractivity contribution in [1.29, 1.82) is 0 Å². The molecule has 0 aliphatic rings. The molecule has 3 N–H and O–H groups in total. The summed E-state index contributed by atoms with van der Waals surface area (Å²) in [6.07, 6.45) is -0.250. The predicted octanol–water partition coefficient (Wildman–Crippen LogP) is 1.05. The van der Waals surface area contributed by atoms with E-state index in [0.29, 0.717) is 12.2 Å². The molecular weight excluding hydrogens is 246 g/mol. The van der Waals surface area contributed by atoms with Crippen LogP contribution in [-0.4, -0.2) is 28.5 Å². The van der Waals surface area contributed by atoms with E-state index in [1.54, 1.807) is 14.0 Å². The van der Waals surface area contributed by atoms with Crippen molar-refractivity contribution < 1.29 is 14.4 Å². The topological polar surface area (TPSA) is 94.4 Å². The van der Waals surface area contributed by atoms with Gasteiger partial charge in [0.15, 0.2) is 5.82 Å². The second-order valence-electron chi connectivity index (χ2n) is 4.30. The largest absolute Gasteiger partial charge is 0.496 e. The van der Waals surface area contributed by atoms with E-state index in [1.807, 2.05) is 24.3 Å². The lowest BCUT2D eigenvalue weighted by atomic mass is 10.1. The summed E-state index contributed by atoms with van der Waals surface area (Å²) in [5, 5.41) is 13.2. The highest BCUT2D eigenvalue weighted by Crippen LogP contribution is 2.20. The molecule has 6 nitrogen and oxygen atoms in total. The van der Waals surface area contributed by atoms with E-state index < -0.39 is 12.1 Å². The SMILES string of the molecule is COc1ccccc1Cc1noc(C(N)C(C)O)n1. The molecule has 0 fully saturated rings. The number of aliphatic hydroxyl groups excluding tert-OH is 1. The summed E-state index contributed by atoms with van der Waals surface area (Å²) < 4.78 is 10.3. The van der Waals surface area contributed by atoms with Crippen molar-refractivity contribution in [3.63, 3.8) is 0 Å². The minimum atomic E-state index is -0.737. The molecule has 0 saturated carbocycles. The van der Waals surface area contributed by atoms with Gasteiger partial charge in [0.1, 0.15) is 11.8 Å². The Balaban J connectivity index is 2.16. The zero-order valence-electron chi connectivity index (χ0n) is 10.9. The third kappa shape index (κ3) is 3.10. The van der Waals surface area contributed by atoms with Crippen LogP contribution in [0.1, 0.15) is 30.2 Å². The molecule has 2 atom stereocenters. The molecule has 0 saturated heterocycles. The van der Waals surface area contributed by atoms with Crippen molar-refractivity contribution in [2.24, 2.45) is 5.73 Å². The molecule has 1 heterocycles. The van der Waals surface area contributed by atoms with E-state index in [-0.39, 0.29) is 5.89 Å². The van der Waals surface area contributed by atoms with Gasteiger partial charge in [0.05, 0.1) is 13.2 Å². The Bertz CT molecular complexity index is 539. The molecule has 0 spiro atoms. The normalized spacial score (nSPS) is 14.1. The average molecular weight is 263 g/mol. The first-order chi connectivity index (χ1) is 9.11. The Labute approximate surface area is 111 Å². The number of benzene rings is 1. The molecule has 102 valence electrons. The van der Waals surface area contributed by atoms with E-state index in [9.17, 15) is 5.11 Å². The van der Waals surface area contributed by atoms with Crippen LogP contribution in [0.25, 0.3) is 0 Å². The summed E-state index contributed by atoms with van der Waals surface area (Å²) in [6, 6.07) is 6.95. The lowest BCUT2D eigenvalue weighted by Crippen LogP contribution is -2.23. The first-order valence-electron chi connectivity index (χ1n) is 6.00. The number of ether oxygens (including phenoxy) is 1. The summed E-state index contributed by atoms with van der Waals surface area (Å²) in [6.45, 7) is 1.58. The summed E-state index contributed by atoms with van der Waals surface area (Å²) in [5.41, 5.74) is 6.69. The molecule has 0 bridgehead atoms. The maximum absolute atomic E-state index is 9.38. The molecular formula is C13H17N3O3. The van der Waals surface area contributed by atoms with Gasteiger partial charge in [-0.05, 0) is 13.0 Å². The number of hydrogen-bond donors (Lipinski definition) is 2. The van der Waals surface area contributed by atoms with Crippen LogP contribution in [-0.2, 0) is 6.42 Å². The number of nitrogens with zero attached hydrogens (tertiary/aromatic N) is 2. The maximum Gasteiger partial charge on any atom is 0.246 e. The quantitative estimate of drug-likeness (QED) is 0.837. The van der Waals surface area contributed by atoms with Crippen LogP contribution in [0.3, 0.4) is 0 Å². The standard InChI is InChI=1S/C13H17N3O3/c1-8(17)12(14)13-15-11(16-19-13)7-9-5-3-4-6-10(9)18-2/h3-6,8,12,17H,7,14H2,1-2H3.